The molecule has 21 heavy (non-hydrogen) atoms. The molecule has 2 N–H and O–H groups in total. The zero-order chi connectivity index (χ0) is 15.4. The van der Waals surface area contributed by atoms with Crippen LogP contribution in [0.2, 0.25) is 0 Å². The minimum atomic E-state index is 0.136. The van der Waals surface area contributed by atoms with E-state index >= 15 is 0 Å². The van der Waals surface area contributed by atoms with Gasteiger partial charge >= 0.3 is 0 Å². The van der Waals surface area contributed by atoms with Crippen molar-refractivity contribution < 1.29 is 0 Å². The molecule has 0 aliphatic heterocycles. The van der Waals surface area contributed by atoms with Crippen molar-refractivity contribution in [1.29, 1.82) is 0 Å². The van der Waals surface area contributed by atoms with E-state index in [4.69, 9.17) is 5.73 Å². The summed E-state index contributed by atoms with van der Waals surface area (Å²) in [5, 5.41) is 2.15. The van der Waals surface area contributed by atoms with Crippen LogP contribution in [0.15, 0.2) is 29.6 Å². The van der Waals surface area contributed by atoms with E-state index in [1.807, 2.05) is 13.0 Å². The number of thiophene rings is 1. The highest BCUT2D eigenvalue weighted by molar-refractivity contribution is 7.10. The standard InChI is InChI=1S/C17H25N3S/c1-5-15(18)16(17-12(2)9-10-21-17)20(4)11-14-8-6-7-13(3)19-14/h6-10,15-16H,5,11,18H2,1-4H3. The fraction of sp³-hybridized carbons (Fsp3) is 0.471. The maximum atomic E-state index is 6.41. The number of hydrogen-bond acceptors (Lipinski definition) is 4. The third-order valence-corrected chi connectivity index (χ3v) is 4.97. The molecule has 0 saturated carbocycles. The van der Waals surface area contributed by atoms with Crippen LogP contribution in [-0.4, -0.2) is 23.0 Å². The summed E-state index contributed by atoms with van der Waals surface area (Å²) in [5.74, 6) is 0. The molecule has 2 rings (SSSR count). The van der Waals surface area contributed by atoms with Crippen molar-refractivity contribution in [2.24, 2.45) is 5.73 Å². The second-order valence-corrected chi connectivity index (χ2v) is 6.62. The summed E-state index contributed by atoms with van der Waals surface area (Å²) in [6.07, 6.45) is 0.966. The second kappa shape index (κ2) is 7.16. The number of pyridine rings is 1. The van der Waals surface area contributed by atoms with Gasteiger partial charge in [-0.2, -0.15) is 0 Å². The molecule has 2 heterocycles. The highest BCUT2D eigenvalue weighted by Crippen LogP contribution is 2.31. The first-order valence-corrected chi connectivity index (χ1v) is 8.33. The van der Waals surface area contributed by atoms with Crippen molar-refractivity contribution in [3.05, 3.63) is 51.5 Å². The summed E-state index contributed by atoms with van der Waals surface area (Å²) in [4.78, 5) is 8.31. The quantitative estimate of drug-likeness (QED) is 0.885. The highest BCUT2D eigenvalue weighted by Gasteiger charge is 2.25. The SMILES string of the molecule is CCC(N)C(c1sccc1C)N(C)Cc1cccc(C)n1. The molecule has 0 amide bonds. The summed E-state index contributed by atoms with van der Waals surface area (Å²) in [5.41, 5.74) is 9.89. The number of aromatic nitrogens is 1. The van der Waals surface area contributed by atoms with Gasteiger partial charge in [0.25, 0.3) is 0 Å². The minimum Gasteiger partial charge on any atom is -0.326 e. The Labute approximate surface area is 131 Å². The van der Waals surface area contributed by atoms with Gasteiger partial charge in [-0.3, -0.25) is 9.88 Å². The number of rotatable bonds is 6. The number of nitrogens with zero attached hydrogens (tertiary/aromatic N) is 2. The Morgan fingerprint density at radius 1 is 1.29 bits per heavy atom. The van der Waals surface area contributed by atoms with Crippen LogP contribution in [-0.2, 0) is 6.54 Å². The molecular formula is C17H25N3S. The van der Waals surface area contributed by atoms with Gasteiger partial charge in [-0.1, -0.05) is 13.0 Å². The summed E-state index contributed by atoms with van der Waals surface area (Å²) in [6.45, 7) is 7.17. The summed E-state index contributed by atoms with van der Waals surface area (Å²) >= 11 is 1.80. The van der Waals surface area contributed by atoms with Gasteiger partial charge < -0.3 is 5.73 Å². The Morgan fingerprint density at radius 3 is 2.62 bits per heavy atom. The predicted molar refractivity (Wildman–Crippen MR) is 90.5 cm³/mol. The summed E-state index contributed by atoms with van der Waals surface area (Å²) in [7, 11) is 2.14. The number of aryl methyl sites for hydroxylation is 2. The topological polar surface area (TPSA) is 42.1 Å². The third kappa shape index (κ3) is 3.90. The van der Waals surface area contributed by atoms with E-state index in [2.05, 4.69) is 54.4 Å². The molecule has 0 saturated heterocycles. The van der Waals surface area contributed by atoms with Crippen LogP contribution in [0.5, 0.6) is 0 Å². The molecule has 0 aromatic carbocycles. The first-order valence-electron chi connectivity index (χ1n) is 7.45. The van der Waals surface area contributed by atoms with Crippen LogP contribution in [0.25, 0.3) is 0 Å². The van der Waals surface area contributed by atoms with Crippen LogP contribution >= 0.6 is 11.3 Å². The zero-order valence-corrected chi connectivity index (χ0v) is 14.2. The van der Waals surface area contributed by atoms with Crippen LogP contribution in [0.1, 0.15) is 41.2 Å². The van der Waals surface area contributed by atoms with Crippen molar-refractivity contribution >= 4 is 11.3 Å². The first kappa shape index (κ1) is 16.1. The molecule has 3 nitrogen and oxygen atoms in total. The number of hydrogen-bond donors (Lipinski definition) is 1. The average Bonchev–Trinajstić information content (AvgIpc) is 2.85. The van der Waals surface area contributed by atoms with Crippen LogP contribution in [0, 0.1) is 13.8 Å². The Bertz CT molecular complexity index is 579. The number of likely N-dealkylation sites (N-methyl/N-ethyl adjacent to an activating group) is 1. The molecule has 4 heteroatoms. The second-order valence-electron chi connectivity index (χ2n) is 5.67. The Kier molecular flexibility index (Phi) is 5.51. The smallest absolute Gasteiger partial charge is 0.0596 e. The molecule has 0 aliphatic rings. The third-order valence-electron chi connectivity index (χ3n) is 3.88. The molecule has 0 fully saturated rings. The molecule has 0 bridgehead atoms. The van der Waals surface area contributed by atoms with Gasteiger partial charge in [-0.15, -0.1) is 11.3 Å². The van der Waals surface area contributed by atoms with E-state index in [0.29, 0.717) is 0 Å². The van der Waals surface area contributed by atoms with E-state index in [1.165, 1.54) is 10.4 Å². The maximum Gasteiger partial charge on any atom is 0.0596 e. The maximum absolute atomic E-state index is 6.41. The van der Waals surface area contributed by atoms with E-state index in [-0.39, 0.29) is 12.1 Å². The van der Waals surface area contributed by atoms with E-state index in [0.717, 1.165) is 24.4 Å². The zero-order valence-electron chi connectivity index (χ0n) is 13.3. The first-order chi connectivity index (χ1) is 10.0. The van der Waals surface area contributed by atoms with Crippen molar-refractivity contribution in [1.82, 2.24) is 9.88 Å². The molecule has 0 spiro atoms. The average molecular weight is 303 g/mol. The Morgan fingerprint density at radius 2 is 2.05 bits per heavy atom. The van der Waals surface area contributed by atoms with Crippen LogP contribution in [0.3, 0.4) is 0 Å². The Hall–Kier alpha value is -1.23. The molecule has 2 aromatic heterocycles. The number of nitrogens with two attached hydrogens (primary N) is 1. The van der Waals surface area contributed by atoms with Gasteiger partial charge in [0.05, 0.1) is 11.7 Å². The summed E-state index contributed by atoms with van der Waals surface area (Å²) in [6, 6.07) is 8.74. The molecule has 114 valence electrons. The minimum absolute atomic E-state index is 0.136. The largest absolute Gasteiger partial charge is 0.326 e. The summed E-state index contributed by atoms with van der Waals surface area (Å²) < 4.78 is 0. The molecule has 2 atom stereocenters. The lowest BCUT2D eigenvalue weighted by molar-refractivity contribution is 0.202. The van der Waals surface area contributed by atoms with Crippen molar-refractivity contribution in [3.8, 4) is 0 Å². The molecule has 0 aliphatic carbocycles. The lowest BCUT2D eigenvalue weighted by Gasteiger charge is -2.32. The van der Waals surface area contributed by atoms with Gasteiger partial charge in [0.2, 0.25) is 0 Å². The van der Waals surface area contributed by atoms with E-state index < -0.39 is 0 Å². The van der Waals surface area contributed by atoms with E-state index in [1.54, 1.807) is 11.3 Å². The molecule has 2 unspecified atom stereocenters. The van der Waals surface area contributed by atoms with Gasteiger partial charge in [0.15, 0.2) is 0 Å². The predicted octanol–water partition coefficient (Wildman–Crippen LogP) is 3.67. The lowest BCUT2D eigenvalue weighted by Crippen LogP contribution is -2.38. The van der Waals surface area contributed by atoms with Gasteiger partial charge in [0.1, 0.15) is 0 Å². The molecule has 0 radical (unpaired) electrons. The fourth-order valence-electron chi connectivity index (χ4n) is 2.67. The highest BCUT2D eigenvalue weighted by atomic mass is 32.1. The van der Waals surface area contributed by atoms with Crippen molar-refractivity contribution in [3.63, 3.8) is 0 Å². The normalized spacial score (nSPS) is 14.4. The monoisotopic (exact) mass is 303 g/mol. The Balaban J connectivity index is 2.23. The lowest BCUT2D eigenvalue weighted by atomic mass is 10.0. The van der Waals surface area contributed by atoms with Gasteiger partial charge in [-0.25, -0.2) is 0 Å². The fourth-order valence-corrected chi connectivity index (χ4v) is 3.84. The molecular weight excluding hydrogens is 278 g/mol. The van der Waals surface area contributed by atoms with Gasteiger partial charge in [-0.05, 0) is 56.5 Å². The van der Waals surface area contributed by atoms with Crippen LogP contribution in [0.4, 0.5) is 0 Å². The van der Waals surface area contributed by atoms with Crippen molar-refractivity contribution in [2.75, 3.05) is 7.05 Å². The van der Waals surface area contributed by atoms with Crippen LogP contribution < -0.4 is 5.73 Å². The van der Waals surface area contributed by atoms with E-state index in [9.17, 15) is 0 Å². The molecule has 2 aromatic rings. The van der Waals surface area contributed by atoms with Crippen molar-refractivity contribution in [2.45, 2.75) is 45.8 Å². The van der Waals surface area contributed by atoms with Gasteiger partial charge in [0, 0.05) is 23.2 Å².